The summed E-state index contributed by atoms with van der Waals surface area (Å²) < 4.78 is 0. The molecule has 10 heavy (non-hydrogen) atoms. The van der Waals surface area contributed by atoms with Crippen molar-refractivity contribution in [2.45, 2.75) is 6.92 Å². The van der Waals surface area contributed by atoms with Crippen LogP contribution in [0.15, 0.2) is 0 Å². The van der Waals surface area contributed by atoms with Gasteiger partial charge in [0.25, 0.3) is 0 Å². The number of rotatable bonds is 2. The molecule has 0 aromatic rings. The van der Waals surface area contributed by atoms with E-state index in [0.29, 0.717) is 6.54 Å². The maximum Gasteiger partial charge on any atom is 0.321 e. The molecule has 1 N–H and O–H groups in total. The Kier molecular flexibility index (Phi) is 2.11. The van der Waals surface area contributed by atoms with Crippen LogP contribution < -0.4 is 0 Å². The molecule has 0 spiro atoms. The molecule has 2 amide bonds. The highest BCUT2D eigenvalue weighted by molar-refractivity contribution is 5.76. The Morgan fingerprint density at radius 1 is 1.50 bits per heavy atom. The lowest BCUT2D eigenvalue weighted by Gasteiger charge is -2.13. The normalized spacial score (nSPS) is 18.8. The average molecular weight is 144 g/mol. The molecule has 0 aliphatic carbocycles. The first kappa shape index (κ1) is 7.34. The molecule has 0 bridgehead atoms. The van der Waals surface area contributed by atoms with Gasteiger partial charge in [-0.25, -0.2) is 4.79 Å². The number of urea groups is 1. The fourth-order valence-electron chi connectivity index (χ4n) is 1.06. The Hall–Kier alpha value is -0.770. The number of hydrogen-bond acceptors (Lipinski definition) is 2. The minimum Gasteiger partial charge on any atom is -0.376 e. The summed E-state index contributed by atoms with van der Waals surface area (Å²) in [6.45, 7) is 3.91. The van der Waals surface area contributed by atoms with Gasteiger partial charge in [0.1, 0.15) is 6.73 Å². The van der Waals surface area contributed by atoms with E-state index in [1.807, 2.05) is 6.92 Å². The second-order valence-electron chi connectivity index (χ2n) is 2.27. The quantitative estimate of drug-likeness (QED) is 0.578. The summed E-state index contributed by atoms with van der Waals surface area (Å²) in [6.07, 6.45) is 0. The zero-order valence-electron chi connectivity index (χ0n) is 6.08. The van der Waals surface area contributed by atoms with Crippen LogP contribution in [0.1, 0.15) is 6.92 Å². The van der Waals surface area contributed by atoms with Crippen molar-refractivity contribution in [3.8, 4) is 0 Å². The third-order valence-electron chi connectivity index (χ3n) is 1.73. The number of likely N-dealkylation sites (N-methyl/N-ethyl adjacent to an activating group) is 1. The van der Waals surface area contributed by atoms with Crippen LogP contribution in [0.25, 0.3) is 0 Å². The fourth-order valence-corrected chi connectivity index (χ4v) is 1.06. The highest BCUT2D eigenvalue weighted by Crippen LogP contribution is 2.05. The SMILES string of the molecule is CCN1CCN(CO)C1=O. The molecule has 1 heterocycles. The summed E-state index contributed by atoms with van der Waals surface area (Å²) in [4.78, 5) is 14.2. The lowest BCUT2D eigenvalue weighted by atomic mass is 10.6. The van der Waals surface area contributed by atoms with Gasteiger partial charge in [-0.15, -0.1) is 0 Å². The minimum atomic E-state index is -0.157. The molecule has 0 aromatic carbocycles. The van der Waals surface area contributed by atoms with Crippen LogP contribution in [0.3, 0.4) is 0 Å². The number of aliphatic hydroxyl groups excluding tert-OH is 1. The van der Waals surface area contributed by atoms with Crippen LogP contribution in [0.2, 0.25) is 0 Å². The molecule has 1 aliphatic heterocycles. The monoisotopic (exact) mass is 144 g/mol. The molecule has 0 unspecified atom stereocenters. The Balaban J connectivity index is 2.49. The lowest BCUT2D eigenvalue weighted by Crippen LogP contribution is -2.32. The lowest BCUT2D eigenvalue weighted by molar-refractivity contribution is 0.134. The Bertz CT molecular complexity index is 124. The number of carbonyl (C=O) groups is 1. The average Bonchev–Trinajstić information content (AvgIpc) is 2.30. The zero-order valence-corrected chi connectivity index (χ0v) is 6.08. The minimum absolute atomic E-state index is 0.0509. The van der Waals surface area contributed by atoms with E-state index in [-0.39, 0.29) is 12.8 Å². The molecule has 0 saturated carbocycles. The number of nitrogens with zero attached hydrogens (tertiary/aromatic N) is 2. The van der Waals surface area contributed by atoms with Crippen molar-refractivity contribution in [3.63, 3.8) is 0 Å². The van der Waals surface area contributed by atoms with Crippen molar-refractivity contribution in [1.82, 2.24) is 9.80 Å². The van der Waals surface area contributed by atoms with Crippen LogP contribution >= 0.6 is 0 Å². The van der Waals surface area contributed by atoms with E-state index in [1.54, 1.807) is 4.90 Å². The fraction of sp³-hybridized carbons (Fsp3) is 0.833. The zero-order chi connectivity index (χ0) is 7.56. The van der Waals surface area contributed by atoms with Gasteiger partial charge in [-0.3, -0.25) is 4.90 Å². The predicted molar refractivity (Wildman–Crippen MR) is 36.4 cm³/mol. The number of carbonyl (C=O) groups excluding carboxylic acids is 1. The van der Waals surface area contributed by atoms with E-state index in [1.165, 1.54) is 4.90 Å². The summed E-state index contributed by atoms with van der Waals surface area (Å²) in [5, 5.41) is 8.63. The van der Waals surface area contributed by atoms with Gasteiger partial charge in [0.15, 0.2) is 0 Å². The molecule has 1 aliphatic rings. The molecule has 58 valence electrons. The highest BCUT2D eigenvalue weighted by Gasteiger charge is 2.25. The van der Waals surface area contributed by atoms with E-state index in [4.69, 9.17) is 5.11 Å². The molecule has 0 aromatic heterocycles. The Morgan fingerprint density at radius 2 is 2.10 bits per heavy atom. The third kappa shape index (κ3) is 1.07. The molecule has 0 radical (unpaired) electrons. The largest absolute Gasteiger partial charge is 0.376 e. The molecular weight excluding hydrogens is 132 g/mol. The molecule has 1 saturated heterocycles. The van der Waals surface area contributed by atoms with Gasteiger partial charge in [-0.2, -0.15) is 0 Å². The number of hydrogen-bond donors (Lipinski definition) is 1. The van der Waals surface area contributed by atoms with E-state index in [0.717, 1.165) is 13.1 Å². The van der Waals surface area contributed by atoms with Gasteiger partial charge in [-0.1, -0.05) is 0 Å². The summed E-state index contributed by atoms with van der Waals surface area (Å²) >= 11 is 0. The summed E-state index contributed by atoms with van der Waals surface area (Å²) in [5.74, 6) is 0. The Morgan fingerprint density at radius 3 is 2.40 bits per heavy atom. The molecule has 1 rings (SSSR count). The summed E-state index contributed by atoms with van der Waals surface area (Å²) in [7, 11) is 0. The molecule has 1 fully saturated rings. The maximum atomic E-state index is 11.1. The van der Waals surface area contributed by atoms with Gasteiger partial charge in [0.05, 0.1) is 0 Å². The van der Waals surface area contributed by atoms with Crippen molar-refractivity contribution < 1.29 is 9.90 Å². The highest BCUT2D eigenvalue weighted by atomic mass is 16.3. The van der Waals surface area contributed by atoms with Gasteiger partial charge in [0.2, 0.25) is 0 Å². The van der Waals surface area contributed by atoms with E-state index >= 15 is 0 Å². The van der Waals surface area contributed by atoms with Crippen LogP contribution in [0.4, 0.5) is 4.79 Å². The first-order valence-electron chi connectivity index (χ1n) is 3.44. The maximum absolute atomic E-state index is 11.1. The van der Waals surface area contributed by atoms with Crippen molar-refractivity contribution in [1.29, 1.82) is 0 Å². The summed E-state index contributed by atoms with van der Waals surface area (Å²) in [6, 6.07) is -0.0509. The predicted octanol–water partition coefficient (Wildman–Crippen LogP) is -0.306. The molecular formula is C6H12N2O2. The van der Waals surface area contributed by atoms with Gasteiger partial charge in [-0.05, 0) is 6.92 Å². The van der Waals surface area contributed by atoms with E-state index in [2.05, 4.69) is 0 Å². The number of aliphatic hydroxyl groups is 1. The van der Waals surface area contributed by atoms with Gasteiger partial charge >= 0.3 is 6.03 Å². The third-order valence-corrected chi connectivity index (χ3v) is 1.73. The van der Waals surface area contributed by atoms with Crippen LogP contribution in [-0.4, -0.2) is 47.3 Å². The second kappa shape index (κ2) is 2.88. The topological polar surface area (TPSA) is 43.8 Å². The van der Waals surface area contributed by atoms with Crippen LogP contribution in [0, 0.1) is 0 Å². The van der Waals surface area contributed by atoms with Crippen molar-refractivity contribution >= 4 is 6.03 Å². The molecule has 4 nitrogen and oxygen atoms in total. The van der Waals surface area contributed by atoms with Gasteiger partial charge in [0, 0.05) is 19.6 Å². The van der Waals surface area contributed by atoms with Crippen molar-refractivity contribution in [2.75, 3.05) is 26.4 Å². The first-order chi connectivity index (χ1) is 4.79. The smallest absolute Gasteiger partial charge is 0.321 e. The molecule has 0 atom stereocenters. The van der Waals surface area contributed by atoms with Crippen LogP contribution in [0.5, 0.6) is 0 Å². The standard InChI is InChI=1S/C6H12N2O2/c1-2-7-3-4-8(5-9)6(7)10/h9H,2-5H2,1H3. The number of amides is 2. The van der Waals surface area contributed by atoms with Crippen LogP contribution in [-0.2, 0) is 0 Å². The first-order valence-corrected chi connectivity index (χ1v) is 3.44. The summed E-state index contributed by atoms with van der Waals surface area (Å²) in [5.41, 5.74) is 0. The van der Waals surface area contributed by atoms with E-state index in [9.17, 15) is 4.79 Å². The Labute approximate surface area is 60.0 Å². The van der Waals surface area contributed by atoms with Crippen molar-refractivity contribution in [2.24, 2.45) is 0 Å². The van der Waals surface area contributed by atoms with Gasteiger partial charge < -0.3 is 10.0 Å². The second-order valence-corrected chi connectivity index (χ2v) is 2.27. The molecule has 4 heteroatoms. The van der Waals surface area contributed by atoms with E-state index < -0.39 is 0 Å². The van der Waals surface area contributed by atoms with Crippen molar-refractivity contribution in [3.05, 3.63) is 0 Å².